The quantitative estimate of drug-likeness (QED) is 0.187. The second-order valence-corrected chi connectivity index (χ2v) is 6.75. The average Bonchev–Trinajstić information content (AvgIpc) is 3.15. The topological polar surface area (TPSA) is 95.9 Å². The third-order valence-corrected chi connectivity index (χ3v) is 4.78. The third kappa shape index (κ3) is 9.85. The van der Waals surface area contributed by atoms with Gasteiger partial charge in [-0.05, 0) is 45.1 Å². The van der Waals surface area contributed by atoms with Gasteiger partial charge in [-0.3, -0.25) is 14.9 Å². The van der Waals surface area contributed by atoms with Crippen LogP contribution < -0.4 is 64.4 Å². The first kappa shape index (κ1) is 32.5. The van der Waals surface area contributed by atoms with E-state index in [1.807, 2.05) is 30.3 Å². The van der Waals surface area contributed by atoms with Crippen LogP contribution in [0.25, 0.3) is 0 Å². The maximum atomic E-state index is 12.7. The monoisotopic (exact) mass is 552 g/mol. The average molecular weight is 552 g/mol. The van der Waals surface area contributed by atoms with Crippen LogP contribution in [-0.4, -0.2) is 59.1 Å². The zero-order chi connectivity index (χ0) is 19.8. The first-order valence-corrected chi connectivity index (χ1v) is 9.44. The van der Waals surface area contributed by atoms with Crippen LogP contribution in [0.3, 0.4) is 0 Å². The number of hydrogen-bond acceptors (Lipinski definition) is 5. The number of carboxylic acid groups (broad SMARTS) is 1. The fourth-order valence-electron chi connectivity index (χ4n) is 3.38. The maximum Gasteiger partial charge on any atom is 1.00 e. The molecule has 1 aromatic carbocycles. The largest absolute Gasteiger partial charge is 1.00 e. The van der Waals surface area contributed by atoms with Crippen LogP contribution in [0.1, 0.15) is 41.5 Å². The summed E-state index contributed by atoms with van der Waals surface area (Å²) in [6, 6.07) is 7.69. The standard InChI is InChI=1S/C20H28N2O5.HI.2Na.2H/c1-3-27-20(26)16(12-11-15-8-5-4-6-9-15)21-14(2)18(23)22-13-7-10-17(22)19(24)25;;;;;/h4-6,8-9,14,16-17,21H,3,7,10-13H2,1-2H3,(H,24,25);1H;;;;/q;;2*+1;2*-1/t14-,16-,17-;;;;;/m0...../s1. The van der Waals surface area contributed by atoms with Gasteiger partial charge in [0.05, 0.1) is 12.6 Å². The van der Waals surface area contributed by atoms with Gasteiger partial charge in [0.2, 0.25) is 5.91 Å². The molecule has 0 radical (unpaired) electrons. The van der Waals surface area contributed by atoms with E-state index in [4.69, 9.17) is 4.74 Å². The Kier molecular flexibility index (Phi) is 18.3. The minimum absolute atomic E-state index is 0. The van der Waals surface area contributed by atoms with E-state index in [2.05, 4.69) is 5.32 Å². The third-order valence-electron chi connectivity index (χ3n) is 4.78. The van der Waals surface area contributed by atoms with Gasteiger partial charge in [0.15, 0.2) is 0 Å². The summed E-state index contributed by atoms with van der Waals surface area (Å²) >= 11 is 0. The van der Waals surface area contributed by atoms with Gasteiger partial charge in [0, 0.05) is 6.54 Å². The molecule has 30 heavy (non-hydrogen) atoms. The Bertz CT molecular complexity index is 677. The minimum atomic E-state index is -0.987. The van der Waals surface area contributed by atoms with E-state index in [1.54, 1.807) is 13.8 Å². The fourth-order valence-corrected chi connectivity index (χ4v) is 3.38. The number of amides is 1. The second kappa shape index (κ2) is 16.9. The number of ether oxygens (including phenoxy) is 1. The number of halogens is 1. The number of rotatable bonds is 9. The van der Waals surface area contributed by atoms with Gasteiger partial charge in [0.25, 0.3) is 0 Å². The van der Waals surface area contributed by atoms with E-state index in [1.165, 1.54) is 4.90 Å². The van der Waals surface area contributed by atoms with E-state index in [0.29, 0.717) is 32.2 Å². The number of esters is 1. The van der Waals surface area contributed by atoms with E-state index in [-0.39, 0.29) is 98.5 Å². The van der Waals surface area contributed by atoms with Gasteiger partial charge < -0.3 is 17.6 Å². The normalized spacial score (nSPS) is 16.9. The molecular weight excluding hydrogens is 521 g/mol. The Hall–Kier alpha value is 0.320. The predicted octanol–water partition coefficient (Wildman–Crippen LogP) is -3.54. The summed E-state index contributed by atoms with van der Waals surface area (Å²) in [5.74, 6) is -1.68. The summed E-state index contributed by atoms with van der Waals surface area (Å²) in [6.45, 7) is 4.09. The van der Waals surface area contributed by atoms with Crippen molar-refractivity contribution in [1.82, 2.24) is 10.2 Å². The minimum Gasteiger partial charge on any atom is -1.00 e. The smallest absolute Gasteiger partial charge is 1.00 e. The molecule has 1 fully saturated rings. The van der Waals surface area contributed by atoms with Crippen molar-refractivity contribution in [2.45, 2.75) is 57.7 Å². The number of carbonyl (C=O) groups excluding carboxylic acids is 2. The molecule has 0 saturated carbocycles. The molecule has 0 bridgehead atoms. The summed E-state index contributed by atoms with van der Waals surface area (Å²) in [5.41, 5.74) is 1.10. The summed E-state index contributed by atoms with van der Waals surface area (Å²) in [6.07, 6.45) is 2.29. The Balaban J connectivity index is -0.000000784. The molecule has 0 spiro atoms. The molecule has 0 aromatic heterocycles. The number of nitrogens with one attached hydrogen (secondary N) is 1. The van der Waals surface area contributed by atoms with Gasteiger partial charge in [-0.15, -0.1) is 24.0 Å². The molecule has 2 rings (SSSR count). The first-order valence-electron chi connectivity index (χ1n) is 9.44. The molecule has 1 aliphatic heterocycles. The molecular formula is C20H31IN2Na2O5. The van der Waals surface area contributed by atoms with Crippen LogP contribution in [-0.2, 0) is 25.5 Å². The SMILES string of the molecule is CCOC(=O)[C@H](CCc1ccccc1)N[C@@H](C)C(=O)N1CCC[C@H]1C(=O)O.I.[H-].[H-].[Na+].[Na+]. The Morgan fingerprint density at radius 2 is 1.90 bits per heavy atom. The van der Waals surface area contributed by atoms with Crippen molar-refractivity contribution in [2.75, 3.05) is 13.2 Å². The molecule has 1 aromatic rings. The van der Waals surface area contributed by atoms with Crippen molar-refractivity contribution in [3.05, 3.63) is 35.9 Å². The molecule has 0 unspecified atom stereocenters. The number of aliphatic carboxylic acids is 1. The van der Waals surface area contributed by atoms with Crippen LogP contribution >= 0.6 is 24.0 Å². The number of benzene rings is 1. The first-order chi connectivity index (χ1) is 12.9. The van der Waals surface area contributed by atoms with Crippen molar-refractivity contribution < 1.29 is 86.2 Å². The molecule has 1 aliphatic rings. The van der Waals surface area contributed by atoms with Crippen LogP contribution in [0.15, 0.2) is 30.3 Å². The van der Waals surface area contributed by atoms with Crippen LogP contribution in [0, 0.1) is 0 Å². The molecule has 160 valence electrons. The summed E-state index contributed by atoms with van der Waals surface area (Å²) in [7, 11) is 0. The summed E-state index contributed by atoms with van der Waals surface area (Å²) < 4.78 is 5.14. The van der Waals surface area contributed by atoms with Crippen molar-refractivity contribution in [1.29, 1.82) is 0 Å². The second-order valence-electron chi connectivity index (χ2n) is 6.75. The zero-order valence-electron chi connectivity index (χ0n) is 20.3. The summed E-state index contributed by atoms with van der Waals surface area (Å²) in [5, 5.41) is 12.3. The van der Waals surface area contributed by atoms with Gasteiger partial charge in [-0.1, -0.05) is 30.3 Å². The molecule has 2 N–H and O–H groups in total. The van der Waals surface area contributed by atoms with E-state index >= 15 is 0 Å². The van der Waals surface area contributed by atoms with Gasteiger partial charge in [-0.2, -0.15) is 0 Å². The number of hydrogen-bond donors (Lipinski definition) is 2. The van der Waals surface area contributed by atoms with Crippen LogP contribution in [0.5, 0.6) is 0 Å². The number of likely N-dealkylation sites (tertiary alicyclic amines) is 1. The van der Waals surface area contributed by atoms with Crippen LogP contribution in [0.4, 0.5) is 0 Å². The fraction of sp³-hybridized carbons (Fsp3) is 0.550. The Labute approximate surface area is 242 Å². The molecule has 1 amide bonds. The number of carbonyl (C=O) groups is 3. The van der Waals surface area contributed by atoms with Gasteiger partial charge in [-0.25, -0.2) is 4.79 Å². The van der Waals surface area contributed by atoms with E-state index in [9.17, 15) is 19.5 Å². The predicted molar refractivity (Wildman–Crippen MR) is 118 cm³/mol. The number of carboxylic acids is 1. The van der Waals surface area contributed by atoms with Crippen molar-refractivity contribution in [3.63, 3.8) is 0 Å². The van der Waals surface area contributed by atoms with Gasteiger partial charge in [0.1, 0.15) is 12.1 Å². The van der Waals surface area contributed by atoms with Crippen LogP contribution in [0.2, 0.25) is 0 Å². The van der Waals surface area contributed by atoms with E-state index in [0.717, 1.165) is 5.56 Å². The molecule has 10 heteroatoms. The molecule has 0 aliphatic carbocycles. The Morgan fingerprint density at radius 3 is 2.47 bits per heavy atom. The van der Waals surface area contributed by atoms with Crippen molar-refractivity contribution >= 4 is 41.8 Å². The van der Waals surface area contributed by atoms with Gasteiger partial charge >= 0.3 is 71.1 Å². The van der Waals surface area contributed by atoms with E-state index < -0.39 is 30.1 Å². The number of aryl methyl sites for hydroxylation is 1. The zero-order valence-corrected chi connectivity index (χ0v) is 24.6. The molecule has 1 heterocycles. The molecule has 1 saturated heterocycles. The molecule has 3 atom stereocenters. The summed E-state index contributed by atoms with van der Waals surface area (Å²) in [4.78, 5) is 37.7. The van der Waals surface area contributed by atoms with Crippen molar-refractivity contribution in [3.8, 4) is 0 Å². The maximum absolute atomic E-state index is 12.7. The Morgan fingerprint density at radius 1 is 1.27 bits per heavy atom. The van der Waals surface area contributed by atoms with Crippen molar-refractivity contribution in [2.24, 2.45) is 0 Å². The molecule has 7 nitrogen and oxygen atoms in total. The number of nitrogens with zero attached hydrogens (tertiary/aromatic N) is 1.